The van der Waals surface area contributed by atoms with Crippen LogP contribution in [0.4, 0.5) is 9.18 Å². The van der Waals surface area contributed by atoms with E-state index in [-0.39, 0.29) is 12.4 Å². The molecule has 2 atom stereocenters. The normalized spacial score (nSPS) is 19.5. The number of carbonyl (C=O) groups is 2. The number of esters is 1. The van der Waals surface area contributed by atoms with Gasteiger partial charge in [0.1, 0.15) is 11.7 Å². The SMILES string of the molecule is CC1=NC(=O)NC(c2ccc(F)cc2)C1C(=O)OCCc1ccccc1. The van der Waals surface area contributed by atoms with E-state index in [0.717, 1.165) is 5.56 Å². The largest absolute Gasteiger partial charge is 0.465 e. The van der Waals surface area contributed by atoms with Crippen LogP contribution in [0.15, 0.2) is 59.6 Å². The van der Waals surface area contributed by atoms with Crippen molar-refractivity contribution in [2.24, 2.45) is 10.9 Å². The smallest absolute Gasteiger partial charge is 0.341 e. The van der Waals surface area contributed by atoms with E-state index in [1.165, 1.54) is 12.1 Å². The predicted molar refractivity (Wildman–Crippen MR) is 95.4 cm³/mol. The van der Waals surface area contributed by atoms with Crippen LogP contribution in [0.3, 0.4) is 0 Å². The number of carbonyl (C=O) groups excluding carboxylic acids is 2. The van der Waals surface area contributed by atoms with Crippen molar-refractivity contribution in [2.75, 3.05) is 6.61 Å². The van der Waals surface area contributed by atoms with Crippen LogP contribution in [0.1, 0.15) is 24.1 Å². The first-order valence-corrected chi connectivity index (χ1v) is 8.36. The van der Waals surface area contributed by atoms with Crippen molar-refractivity contribution in [3.05, 3.63) is 71.5 Å². The number of urea groups is 1. The molecule has 1 N–H and O–H groups in total. The lowest BCUT2D eigenvalue weighted by atomic mass is 9.88. The fourth-order valence-electron chi connectivity index (χ4n) is 2.98. The second-order valence-corrected chi connectivity index (χ2v) is 6.11. The lowest BCUT2D eigenvalue weighted by molar-refractivity contribution is -0.146. The molecule has 1 aliphatic heterocycles. The van der Waals surface area contributed by atoms with Gasteiger partial charge in [0, 0.05) is 12.1 Å². The molecule has 1 heterocycles. The third kappa shape index (κ3) is 4.14. The van der Waals surface area contributed by atoms with Gasteiger partial charge in [-0.05, 0) is 30.2 Å². The van der Waals surface area contributed by atoms with Crippen molar-refractivity contribution in [1.29, 1.82) is 0 Å². The molecule has 26 heavy (non-hydrogen) atoms. The van der Waals surface area contributed by atoms with Crippen LogP contribution in [0.5, 0.6) is 0 Å². The summed E-state index contributed by atoms with van der Waals surface area (Å²) >= 11 is 0. The Morgan fingerprint density at radius 3 is 2.54 bits per heavy atom. The Balaban J connectivity index is 1.73. The van der Waals surface area contributed by atoms with Gasteiger partial charge in [0.25, 0.3) is 0 Å². The Morgan fingerprint density at radius 2 is 1.85 bits per heavy atom. The van der Waals surface area contributed by atoms with Crippen LogP contribution in [-0.2, 0) is 16.0 Å². The summed E-state index contributed by atoms with van der Waals surface area (Å²) in [5.74, 6) is -1.59. The van der Waals surface area contributed by atoms with Gasteiger partial charge in [0.15, 0.2) is 0 Å². The summed E-state index contributed by atoms with van der Waals surface area (Å²) in [5, 5.41) is 2.67. The zero-order chi connectivity index (χ0) is 18.5. The maximum absolute atomic E-state index is 13.2. The number of nitrogens with one attached hydrogen (secondary N) is 1. The van der Waals surface area contributed by atoms with Crippen LogP contribution < -0.4 is 5.32 Å². The topological polar surface area (TPSA) is 67.8 Å². The summed E-state index contributed by atoms with van der Waals surface area (Å²) in [5.41, 5.74) is 2.07. The minimum Gasteiger partial charge on any atom is -0.465 e. The van der Waals surface area contributed by atoms with Gasteiger partial charge in [-0.15, -0.1) is 0 Å². The number of halogens is 1. The highest BCUT2D eigenvalue weighted by molar-refractivity contribution is 6.08. The highest BCUT2D eigenvalue weighted by Gasteiger charge is 2.37. The second-order valence-electron chi connectivity index (χ2n) is 6.11. The van der Waals surface area contributed by atoms with E-state index in [4.69, 9.17) is 4.74 Å². The molecule has 6 heteroatoms. The number of rotatable bonds is 5. The van der Waals surface area contributed by atoms with Crippen molar-refractivity contribution < 1.29 is 18.7 Å². The van der Waals surface area contributed by atoms with Gasteiger partial charge in [-0.3, -0.25) is 4.79 Å². The van der Waals surface area contributed by atoms with E-state index in [2.05, 4.69) is 10.3 Å². The van der Waals surface area contributed by atoms with E-state index in [0.29, 0.717) is 17.7 Å². The predicted octanol–water partition coefficient (Wildman–Crippen LogP) is 3.45. The fraction of sp³-hybridized carbons (Fsp3) is 0.250. The molecule has 5 nitrogen and oxygen atoms in total. The molecular weight excluding hydrogens is 335 g/mol. The molecule has 0 aliphatic carbocycles. The van der Waals surface area contributed by atoms with E-state index >= 15 is 0 Å². The molecule has 0 saturated heterocycles. The van der Waals surface area contributed by atoms with Gasteiger partial charge in [-0.2, -0.15) is 0 Å². The van der Waals surface area contributed by atoms with Crippen molar-refractivity contribution in [2.45, 2.75) is 19.4 Å². The van der Waals surface area contributed by atoms with Crippen LogP contribution in [0, 0.1) is 11.7 Å². The molecule has 0 radical (unpaired) electrons. The summed E-state index contributed by atoms with van der Waals surface area (Å²) in [7, 11) is 0. The molecule has 0 aromatic heterocycles. The lowest BCUT2D eigenvalue weighted by Crippen LogP contribution is -2.44. The van der Waals surface area contributed by atoms with Gasteiger partial charge >= 0.3 is 12.0 Å². The summed E-state index contributed by atoms with van der Waals surface area (Å²) in [6, 6.07) is 14.2. The zero-order valence-electron chi connectivity index (χ0n) is 14.3. The third-order valence-electron chi connectivity index (χ3n) is 4.30. The molecule has 0 fully saturated rings. The lowest BCUT2D eigenvalue weighted by Gasteiger charge is -2.29. The Kier molecular flexibility index (Phi) is 5.41. The fourth-order valence-corrected chi connectivity index (χ4v) is 2.98. The minimum atomic E-state index is -0.742. The molecule has 2 aromatic rings. The first-order chi connectivity index (χ1) is 12.5. The Morgan fingerprint density at radius 1 is 1.15 bits per heavy atom. The molecular formula is C20H19FN2O3. The molecule has 0 saturated carbocycles. The van der Waals surface area contributed by atoms with Crippen LogP contribution in [0.25, 0.3) is 0 Å². The van der Waals surface area contributed by atoms with Crippen LogP contribution in [0.2, 0.25) is 0 Å². The Labute approximate surface area is 150 Å². The number of hydrogen-bond acceptors (Lipinski definition) is 3. The number of nitrogens with zero attached hydrogens (tertiary/aromatic N) is 1. The van der Waals surface area contributed by atoms with Crippen molar-refractivity contribution in [3.63, 3.8) is 0 Å². The minimum absolute atomic E-state index is 0.233. The van der Waals surface area contributed by atoms with E-state index in [1.54, 1.807) is 19.1 Å². The standard InChI is InChI=1S/C20H19FN2O3/c1-13-17(19(24)26-12-11-14-5-3-2-4-6-14)18(23-20(25)22-13)15-7-9-16(21)10-8-15/h2-10,17-18H,11-12H2,1H3,(H,23,25). The molecule has 3 rings (SSSR count). The molecule has 0 bridgehead atoms. The zero-order valence-corrected chi connectivity index (χ0v) is 14.3. The van der Waals surface area contributed by atoms with Crippen LogP contribution >= 0.6 is 0 Å². The summed E-state index contributed by atoms with van der Waals surface area (Å²) in [4.78, 5) is 28.2. The second kappa shape index (κ2) is 7.91. The van der Waals surface area contributed by atoms with Crippen molar-refractivity contribution in [1.82, 2.24) is 5.32 Å². The number of benzene rings is 2. The van der Waals surface area contributed by atoms with E-state index in [9.17, 15) is 14.0 Å². The first-order valence-electron chi connectivity index (χ1n) is 8.36. The van der Waals surface area contributed by atoms with Gasteiger partial charge in [0.05, 0.1) is 12.6 Å². The summed E-state index contributed by atoms with van der Waals surface area (Å²) in [6.07, 6.45) is 0.600. The molecule has 2 amide bonds. The number of amides is 2. The quantitative estimate of drug-likeness (QED) is 0.836. The maximum atomic E-state index is 13.2. The van der Waals surface area contributed by atoms with Gasteiger partial charge in [-0.1, -0.05) is 42.5 Å². The number of aliphatic imine (C=N–C) groups is 1. The van der Waals surface area contributed by atoms with Crippen molar-refractivity contribution >= 4 is 17.7 Å². The third-order valence-corrected chi connectivity index (χ3v) is 4.30. The first kappa shape index (κ1) is 17.8. The van der Waals surface area contributed by atoms with Gasteiger partial charge in [-0.25, -0.2) is 14.2 Å². The highest BCUT2D eigenvalue weighted by atomic mass is 19.1. The summed E-state index contributed by atoms with van der Waals surface area (Å²) < 4.78 is 18.6. The van der Waals surface area contributed by atoms with Gasteiger partial charge in [0.2, 0.25) is 0 Å². The molecule has 0 spiro atoms. The Bertz CT molecular complexity index is 819. The van der Waals surface area contributed by atoms with Crippen molar-refractivity contribution in [3.8, 4) is 0 Å². The molecule has 134 valence electrons. The monoisotopic (exact) mass is 354 g/mol. The van der Waals surface area contributed by atoms with Gasteiger partial charge < -0.3 is 10.1 Å². The summed E-state index contributed by atoms with van der Waals surface area (Å²) in [6.45, 7) is 1.86. The Hall–Kier alpha value is -3.02. The average Bonchev–Trinajstić information content (AvgIpc) is 2.62. The number of hydrogen-bond donors (Lipinski definition) is 1. The highest BCUT2D eigenvalue weighted by Crippen LogP contribution is 2.28. The number of ether oxygens (including phenoxy) is 1. The van der Waals surface area contributed by atoms with E-state index < -0.39 is 24.0 Å². The average molecular weight is 354 g/mol. The molecule has 2 unspecified atom stereocenters. The maximum Gasteiger partial charge on any atom is 0.341 e. The van der Waals surface area contributed by atoms with E-state index in [1.807, 2.05) is 30.3 Å². The molecule has 1 aliphatic rings. The van der Waals surface area contributed by atoms with Crippen LogP contribution in [-0.4, -0.2) is 24.3 Å². The molecule has 2 aromatic carbocycles.